The van der Waals surface area contributed by atoms with Crippen molar-refractivity contribution in [1.82, 2.24) is 29.0 Å². The molecule has 0 bridgehead atoms. The largest absolute Gasteiger partial charge is 0.496 e. The Morgan fingerprint density at radius 1 is 1.24 bits per heavy atom. The quantitative estimate of drug-likeness (QED) is 0.294. The van der Waals surface area contributed by atoms with Gasteiger partial charge in [0.1, 0.15) is 27.5 Å². The number of halogens is 1. The van der Waals surface area contributed by atoms with Gasteiger partial charge in [-0.25, -0.2) is 9.18 Å². The minimum atomic E-state index is -0.911. The van der Waals surface area contributed by atoms with Crippen LogP contribution in [0.2, 0.25) is 0 Å². The Labute approximate surface area is 244 Å². The van der Waals surface area contributed by atoms with Crippen LogP contribution >= 0.6 is 11.3 Å². The third-order valence-corrected chi connectivity index (χ3v) is 8.73. The summed E-state index contributed by atoms with van der Waals surface area (Å²) in [5.41, 5.74) is -0.0903. The van der Waals surface area contributed by atoms with Gasteiger partial charge in [-0.3, -0.25) is 18.7 Å². The van der Waals surface area contributed by atoms with Crippen LogP contribution in [-0.2, 0) is 16.1 Å². The Bertz CT molecular complexity index is 1710. The molecule has 1 N–H and O–H groups in total. The van der Waals surface area contributed by atoms with E-state index in [0.29, 0.717) is 45.1 Å². The smallest absolute Gasteiger partial charge is 0.332 e. The number of carbonyl (C=O) groups is 1. The van der Waals surface area contributed by atoms with Crippen LogP contribution < -0.4 is 16.0 Å². The molecule has 224 valence electrons. The number of hydrogen-bond donors (Lipinski definition) is 1. The first-order valence-corrected chi connectivity index (χ1v) is 14.5. The van der Waals surface area contributed by atoms with Crippen LogP contribution in [0.15, 0.2) is 40.2 Å². The van der Waals surface area contributed by atoms with Crippen LogP contribution in [0.4, 0.5) is 4.39 Å². The molecule has 1 saturated heterocycles. The number of fused-ring (bicyclic) bond motifs is 1. The molecule has 0 aliphatic carbocycles. The lowest BCUT2D eigenvalue weighted by molar-refractivity contribution is -0.133. The zero-order valence-electron chi connectivity index (χ0n) is 23.8. The van der Waals surface area contributed by atoms with E-state index in [-0.39, 0.29) is 38.1 Å². The summed E-state index contributed by atoms with van der Waals surface area (Å²) in [6, 6.07) is 3.46. The molecule has 14 heteroatoms. The van der Waals surface area contributed by atoms with Gasteiger partial charge in [0.2, 0.25) is 5.91 Å². The highest BCUT2D eigenvalue weighted by molar-refractivity contribution is 7.21. The summed E-state index contributed by atoms with van der Waals surface area (Å²) >= 11 is 1.18. The van der Waals surface area contributed by atoms with Crippen LogP contribution in [0.1, 0.15) is 43.5 Å². The first-order chi connectivity index (χ1) is 20.2. The van der Waals surface area contributed by atoms with Crippen molar-refractivity contribution in [3.05, 3.63) is 68.4 Å². The second-order valence-electron chi connectivity index (χ2n) is 10.4. The molecule has 4 aromatic rings. The summed E-state index contributed by atoms with van der Waals surface area (Å²) in [6.45, 7) is 5.58. The number of likely N-dealkylation sites (tertiary alicyclic amines) is 1. The number of hydrogen-bond acceptors (Lipinski definition) is 9. The van der Waals surface area contributed by atoms with Crippen molar-refractivity contribution in [1.29, 1.82) is 0 Å². The lowest BCUT2D eigenvalue weighted by Crippen LogP contribution is -2.44. The van der Waals surface area contributed by atoms with Crippen molar-refractivity contribution >= 4 is 27.5 Å². The number of rotatable bonds is 10. The maximum Gasteiger partial charge on any atom is 0.332 e. The highest BCUT2D eigenvalue weighted by atomic mass is 32.1. The fourth-order valence-electron chi connectivity index (χ4n) is 5.42. The number of amides is 1. The molecule has 0 saturated carbocycles. The van der Waals surface area contributed by atoms with Gasteiger partial charge in [0.05, 0.1) is 50.7 Å². The fourth-order valence-corrected chi connectivity index (χ4v) is 6.64. The number of ether oxygens (including phenoxy) is 2. The summed E-state index contributed by atoms with van der Waals surface area (Å²) in [5.74, 6) is -0.431. The third-order valence-electron chi connectivity index (χ3n) is 7.45. The monoisotopic (exact) mass is 600 g/mol. The van der Waals surface area contributed by atoms with Crippen molar-refractivity contribution in [2.45, 2.75) is 45.9 Å². The van der Waals surface area contributed by atoms with Gasteiger partial charge in [-0.1, -0.05) is 25.2 Å². The van der Waals surface area contributed by atoms with Gasteiger partial charge in [0.25, 0.3) is 5.56 Å². The van der Waals surface area contributed by atoms with Gasteiger partial charge < -0.3 is 19.5 Å². The Balaban J connectivity index is 1.71. The first kappa shape index (κ1) is 29.6. The van der Waals surface area contributed by atoms with Crippen molar-refractivity contribution in [2.75, 3.05) is 33.4 Å². The molecule has 4 heterocycles. The number of carbonyl (C=O) groups excluding carboxylic acids is 1. The molecule has 42 heavy (non-hydrogen) atoms. The van der Waals surface area contributed by atoms with Crippen LogP contribution in [0, 0.1) is 18.7 Å². The Kier molecular flexibility index (Phi) is 8.57. The van der Waals surface area contributed by atoms with E-state index in [0.717, 1.165) is 0 Å². The highest BCUT2D eigenvalue weighted by Crippen LogP contribution is 2.34. The third kappa shape index (κ3) is 5.37. The number of aryl methyl sites for hydroxylation is 1. The summed E-state index contributed by atoms with van der Waals surface area (Å²) in [6.07, 6.45) is 2.57. The van der Waals surface area contributed by atoms with Crippen molar-refractivity contribution in [3.63, 3.8) is 0 Å². The van der Waals surface area contributed by atoms with E-state index < -0.39 is 29.2 Å². The van der Waals surface area contributed by atoms with Gasteiger partial charge in [0.15, 0.2) is 0 Å². The zero-order chi connectivity index (χ0) is 30.1. The Hall–Kier alpha value is -3.88. The van der Waals surface area contributed by atoms with Crippen molar-refractivity contribution in [2.24, 2.45) is 5.92 Å². The molecule has 1 aliphatic rings. The maximum atomic E-state index is 14.4. The van der Waals surface area contributed by atoms with Crippen molar-refractivity contribution < 1.29 is 23.8 Å². The molecule has 2 atom stereocenters. The molecule has 3 aromatic heterocycles. The molecule has 1 fully saturated rings. The minimum Gasteiger partial charge on any atom is -0.496 e. The predicted molar refractivity (Wildman–Crippen MR) is 154 cm³/mol. The van der Waals surface area contributed by atoms with Crippen molar-refractivity contribution in [3.8, 4) is 10.8 Å². The topological polar surface area (TPSA) is 134 Å². The predicted octanol–water partition coefficient (Wildman–Crippen LogP) is 2.44. The number of methoxy groups -OCH3 is 1. The van der Waals surface area contributed by atoms with E-state index in [2.05, 4.69) is 10.2 Å². The molecular weight excluding hydrogens is 567 g/mol. The highest BCUT2D eigenvalue weighted by Gasteiger charge is 2.33. The number of aliphatic hydroxyl groups excluding tert-OH is 1. The number of aromatic nitrogens is 5. The van der Waals surface area contributed by atoms with E-state index in [9.17, 15) is 23.9 Å². The molecular formula is C28H33FN6O6S. The molecule has 1 aliphatic heterocycles. The first-order valence-electron chi connectivity index (χ1n) is 13.7. The van der Waals surface area contributed by atoms with Gasteiger partial charge >= 0.3 is 5.69 Å². The molecule has 0 unspecified atom stereocenters. The normalized spacial score (nSPS) is 16.1. The van der Waals surface area contributed by atoms with E-state index in [1.807, 2.05) is 13.8 Å². The van der Waals surface area contributed by atoms with Crippen LogP contribution in [-0.4, -0.2) is 73.5 Å². The molecule has 12 nitrogen and oxygen atoms in total. The van der Waals surface area contributed by atoms with Gasteiger partial charge in [-0.2, -0.15) is 10.2 Å². The van der Waals surface area contributed by atoms with Crippen LogP contribution in [0.5, 0.6) is 5.75 Å². The summed E-state index contributed by atoms with van der Waals surface area (Å²) in [7, 11) is 1.45. The van der Waals surface area contributed by atoms with Gasteiger partial charge in [-0.15, -0.1) is 4.80 Å². The summed E-state index contributed by atoms with van der Waals surface area (Å²) in [4.78, 5) is 44.5. The second kappa shape index (κ2) is 12.2. The fraction of sp³-hybridized carbons (Fsp3) is 0.464. The van der Waals surface area contributed by atoms with Crippen LogP contribution in [0.3, 0.4) is 0 Å². The Morgan fingerprint density at radius 2 is 1.98 bits per heavy atom. The Morgan fingerprint density at radius 3 is 2.64 bits per heavy atom. The number of benzene rings is 1. The average molecular weight is 601 g/mol. The van der Waals surface area contributed by atoms with Gasteiger partial charge in [-0.05, 0) is 31.5 Å². The van der Waals surface area contributed by atoms with E-state index in [1.165, 1.54) is 63.0 Å². The standard InChI is InChI=1S/C28H33FN6O6S/c1-16(2)24(37)32-10-7-19(14-32)34-25(38)23-17(3)26(35-30-8-9-31-35)42-27(23)33(28(34)39)15-22(41-12-11-36)20-13-18(29)5-6-21(20)40-4/h5-6,8-9,13,16,19,22,36H,7,10-12,14-15H2,1-4H3/t19-,22-/m0/s1. The lowest BCUT2D eigenvalue weighted by atomic mass is 10.1. The summed E-state index contributed by atoms with van der Waals surface area (Å²) in [5, 5.41) is 18.8. The number of thiophene rings is 1. The zero-order valence-corrected chi connectivity index (χ0v) is 24.6. The number of nitrogens with zero attached hydrogens (tertiary/aromatic N) is 6. The lowest BCUT2D eigenvalue weighted by Gasteiger charge is -2.23. The number of aliphatic hydroxyl groups is 1. The average Bonchev–Trinajstić information content (AvgIpc) is 3.73. The van der Waals surface area contributed by atoms with E-state index in [4.69, 9.17) is 9.47 Å². The molecule has 5 rings (SSSR count). The summed E-state index contributed by atoms with van der Waals surface area (Å²) < 4.78 is 28.5. The minimum absolute atomic E-state index is 0.0404. The maximum absolute atomic E-state index is 14.4. The van der Waals surface area contributed by atoms with Gasteiger partial charge in [0, 0.05) is 30.1 Å². The second-order valence-corrected chi connectivity index (χ2v) is 11.4. The molecule has 1 aromatic carbocycles. The molecule has 1 amide bonds. The molecule has 0 radical (unpaired) electrons. The molecule has 0 spiro atoms. The SMILES string of the molecule is COc1ccc(F)cc1[C@H](Cn1c(=O)n([C@H]2CCN(C(=O)C(C)C)C2)c(=O)c2c(C)c(-n3nccn3)sc21)OCCO. The van der Waals surface area contributed by atoms with Crippen LogP contribution in [0.25, 0.3) is 15.2 Å². The van der Waals surface area contributed by atoms with E-state index >= 15 is 0 Å². The van der Waals surface area contributed by atoms with E-state index in [1.54, 1.807) is 11.8 Å².